The number of halogens is 1. The third-order valence-corrected chi connectivity index (χ3v) is 5.49. The van der Waals surface area contributed by atoms with Gasteiger partial charge in [-0.05, 0) is 61.0 Å². The second kappa shape index (κ2) is 9.45. The van der Waals surface area contributed by atoms with Crippen LogP contribution in [-0.2, 0) is 9.84 Å². The van der Waals surface area contributed by atoms with Gasteiger partial charge in [0.25, 0.3) is 5.91 Å². The van der Waals surface area contributed by atoms with Crippen molar-refractivity contribution in [3.8, 4) is 0 Å². The Kier molecular flexibility index (Phi) is 7.25. The van der Waals surface area contributed by atoms with Gasteiger partial charge in [0, 0.05) is 28.9 Å². The van der Waals surface area contributed by atoms with Crippen LogP contribution in [-0.4, -0.2) is 20.6 Å². The van der Waals surface area contributed by atoms with E-state index in [1.54, 1.807) is 24.3 Å². The maximum Gasteiger partial charge on any atom is 0.255 e. The van der Waals surface area contributed by atoms with E-state index in [0.717, 1.165) is 17.5 Å². The number of nitrogens with two attached hydrogens (primary N) is 2. The zero-order valence-electron chi connectivity index (χ0n) is 16.0. The molecule has 0 aliphatic rings. The van der Waals surface area contributed by atoms with E-state index < -0.39 is 9.84 Å². The predicted molar refractivity (Wildman–Crippen MR) is 119 cm³/mol. The number of hydrogen-bond donors (Lipinski definition) is 3. The van der Waals surface area contributed by atoms with Gasteiger partial charge in [0.05, 0.1) is 9.92 Å². The van der Waals surface area contributed by atoms with Crippen LogP contribution in [0.4, 0.5) is 17.1 Å². The number of carbonyl (C=O) groups is 1. The largest absolute Gasteiger partial charge is 0.399 e. The van der Waals surface area contributed by atoms with Gasteiger partial charge < -0.3 is 16.8 Å². The van der Waals surface area contributed by atoms with Gasteiger partial charge in [-0.15, -0.1) is 0 Å². The Labute approximate surface area is 175 Å². The van der Waals surface area contributed by atoms with E-state index >= 15 is 0 Å². The molecule has 0 heterocycles. The van der Waals surface area contributed by atoms with Crippen LogP contribution < -0.4 is 16.8 Å². The van der Waals surface area contributed by atoms with Crippen LogP contribution in [0, 0.1) is 6.92 Å². The smallest absolute Gasteiger partial charge is 0.255 e. The van der Waals surface area contributed by atoms with Gasteiger partial charge >= 0.3 is 0 Å². The van der Waals surface area contributed by atoms with E-state index in [1.165, 1.54) is 18.2 Å². The Morgan fingerprint density at radius 1 is 0.931 bits per heavy atom. The summed E-state index contributed by atoms with van der Waals surface area (Å²) in [6.45, 7) is 1.91. The maximum absolute atomic E-state index is 12.0. The van der Waals surface area contributed by atoms with Crippen LogP contribution >= 0.6 is 11.6 Å². The molecule has 0 bridgehead atoms. The Balaban J connectivity index is 0.000000221. The Bertz CT molecular complexity index is 1110. The van der Waals surface area contributed by atoms with Crippen LogP contribution in [0.25, 0.3) is 0 Å². The van der Waals surface area contributed by atoms with Gasteiger partial charge in [-0.1, -0.05) is 29.8 Å². The van der Waals surface area contributed by atoms with Crippen molar-refractivity contribution in [2.45, 2.75) is 11.8 Å². The zero-order chi connectivity index (χ0) is 21.6. The summed E-state index contributed by atoms with van der Waals surface area (Å²) in [5.41, 5.74) is 14.5. The van der Waals surface area contributed by atoms with Crippen LogP contribution in [0.3, 0.4) is 0 Å². The van der Waals surface area contributed by atoms with Gasteiger partial charge in [0.15, 0.2) is 9.84 Å². The molecule has 0 aromatic heterocycles. The summed E-state index contributed by atoms with van der Waals surface area (Å²) in [5, 5.41) is 3.00. The highest BCUT2D eigenvalue weighted by atomic mass is 35.5. The average Bonchev–Trinajstić information content (AvgIpc) is 2.63. The lowest BCUT2D eigenvalue weighted by molar-refractivity contribution is 0.102. The first kappa shape index (κ1) is 22.3. The minimum absolute atomic E-state index is 0.104. The molecule has 5 N–H and O–H groups in total. The van der Waals surface area contributed by atoms with Crippen molar-refractivity contribution < 1.29 is 13.2 Å². The van der Waals surface area contributed by atoms with Gasteiger partial charge in [-0.2, -0.15) is 0 Å². The van der Waals surface area contributed by atoms with E-state index in [4.69, 9.17) is 23.1 Å². The molecule has 0 aliphatic carbocycles. The fourth-order valence-electron chi connectivity index (χ4n) is 2.41. The van der Waals surface area contributed by atoms with Crippen LogP contribution in [0.5, 0.6) is 0 Å². The third kappa shape index (κ3) is 6.51. The number of sulfone groups is 1. The standard InChI is InChI=1S/C14H14N2O.C7H8ClNO2S/c1-10-4-2-3-5-13(10)14(17)16-12-8-6-11(15)7-9-12;1-12(10,11)7-3-2-5(9)4-6(7)8/h2-9H,15H2,1H3,(H,16,17);2-4H,9H2,1H3. The van der Waals surface area contributed by atoms with Gasteiger partial charge in [0.2, 0.25) is 0 Å². The van der Waals surface area contributed by atoms with E-state index in [0.29, 0.717) is 16.9 Å². The molecule has 0 unspecified atom stereocenters. The first-order valence-corrected chi connectivity index (χ1v) is 10.8. The van der Waals surface area contributed by atoms with Crippen molar-refractivity contribution in [3.05, 3.63) is 82.9 Å². The van der Waals surface area contributed by atoms with E-state index in [2.05, 4.69) is 5.32 Å². The summed E-state index contributed by atoms with van der Waals surface area (Å²) in [6.07, 6.45) is 1.10. The van der Waals surface area contributed by atoms with E-state index in [-0.39, 0.29) is 15.8 Å². The monoisotopic (exact) mass is 431 g/mol. The quantitative estimate of drug-likeness (QED) is 0.538. The summed E-state index contributed by atoms with van der Waals surface area (Å²) in [4.78, 5) is 12.1. The van der Waals surface area contributed by atoms with Crippen molar-refractivity contribution in [1.82, 2.24) is 0 Å². The molecule has 1 amide bonds. The molecule has 0 aliphatic heterocycles. The highest BCUT2D eigenvalue weighted by Gasteiger charge is 2.11. The summed E-state index contributed by atoms with van der Waals surface area (Å²) < 4.78 is 22.1. The van der Waals surface area contributed by atoms with E-state index in [9.17, 15) is 13.2 Å². The molecule has 0 fully saturated rings. The van der Waals surface area contributed by atoms with Crippen LogP contribution in [0.2, 0.25) is 5.02 Å². The number of rotatable bonds is 3. The number of anilines is 3. The zero-order valence-corrected chi connectivity index (χ0v) is 17.6. The third-order valence-electron chi connectivity index (χ3n) is 3.91. The Morgan fingerprint density at radius 2 is 1.52 bits per heavy atom. The normalized spacial score (nSPS) is 10.6. The van der Waals surface area contributed by atoms with Crippen LogP contribution in [0.1, 0.15) is 15.9 Å². The summed E-state index contributed by atoms with van der Waals surface area (Å²) in [7, 11) is -3.24. The fourth-order valence-corrected chi connectivity index (χ4v) is 3.75. The van der Waals surface area contributed by atoms with Gasteiger partial charge in [-0.3, -0.25) is 4.79 Å². The molecule has 8 heteroatoms. The molecular formula is C21H22ClN3O3S. The molecule has 0 saturated carbocycles. The highest BCUT2D eigenvalue weighted by Crippen LogP contribution is 2.23. The van der Waals surface area contributed by atoms with Crippen molar-refractivity contribution in [2.75, 3.05) is 23.0 Å². The molecule has 3 aromatic carbocycles. The topological polar surface area (TPSA) is 115 Å². The molecule has 29 heavy (non-hydrogen) atoms. The number of aryl methyl sites for hydroxylation is 1. The lowest BCUT2D eigenvalue weighted by Gasteiger charge is -2.07. The molecular weight excluding hydrogens is 410 g/mol. The predicted octanol–water partition coefficient (Wildman–Crippen LogP) is 4.16. The lowest BCUT2D eigenvalue weighted by Crippen LogP contribution is -2.13. The number of nitrogens with one attached hydrogen (secondary N) is 1. The number of nitrogen functional groups attached to an aromatic ring is 2. The second-order valence-corrected chi connectivity index (χ2v) is 8.74. The molecule has 3 aromatic rings. The van der Waals surface area contributed by atoms with E-state index in [1.807, 2.05) is 31.2 Å². The van der Waals surface area contributed by atoms with Crippen molar-refractivity contribution in [1.29, 1.82) is 0 Å². The van der Waals surface area contributed by atoms with Crippen molar-refractivity contribution >= 4 is 44.4 Å². The first-order valence-electron chi connectivity index (χ1n) is 8.55. The van der Waals surface area contributed by atoms with Crippen molar-refractivity contribution in [2.24, 2.45) is 0 Å². The first-order chi connectivity index (χ1) is 13.6. The maximum atomic E-state index is 12.0. The second-order valence-electron chi connectivity index (χ2n) is 6.35. The molecule has 0 saturated heterocycles. The minimum Gasteiger partial charge on any atom is -0.399 e. The number of hydrogen-bond acceptors (Lipinski definition) is 5. The lowest BCUT2D eigenvalue weighted by atomic mass is 10.1. The van der Waals surface area contributed by atoms with Gasteiger partial charge in [0.1, 0.15) is 0 Å². The van der Waals surface area contributed by atoms with Crippen LogP contribution in [0.15, 0.2) is 71.6 Å². The number of benzene rings is 3. The summed E-state index contributed by atoms with van der Waals surface area (Å²) >= 11 is 5.65. The molecule has 0 spiro atoms. The molecule has 0 atom stereocenters. The average molecular weight is 432 g/mol. The SMILES string of the molecule is CS(=O)(=O)c1ccc(N)cc1Cl.Cc1ccccc1C(=O)Nc1ccc(N)cc1. The highest BCUT2D eigenvalue weighted by molar-refractivity contribution is 7.90. The fraction of sp³-hybridized carbons (Fsp3) is 0.0952. The Morgan fingerprint density at radius 3 is 2.07 bits per heavy atom. The van der Waals surface area contributed by atoms with Crippen molar-refractivity contribution in [3.63, 3.8) is 0 Å². The molecule has 152 valence electrons. The summed E-state index contributed by atoms with van der Waals surface area (Å²) in [6, 6.07) is 18.9. The molecule has 0 radical (unpaired) electrons. The number of carbonyl (C=O) groups excluding carboxylic acids is 1. The molecule has 3 rings (SSSR count). The number of amides is 1. The molecule has 6 nitrogen and oxygen atoms in total. The Hall–Kier alpha value is -3.03. The minimum atomic E-state index is -3.24. The van der Waals surface area contributed by atoms with Gasteiger partial charge in [-0.25, -0.2) is 8.42 Å². The summed E-state index contributed by atoms with van der Waals surface area (Å²) in [5.74, 6) is -0.104.